The summed E-state index contributed by atoms with van der Waals surface area (Å²) in [6.07, 6.45) is 2.14. The molecule has 0 N–H and O–H groups in total. The summed E-state index contributed by atoms with van der Waals surface area (Å²) in [5.41, 5.74) is 0.0447. The van der Waals surface area contributed by atoms with Crippen molar-refractivity contribution < 1.29 is 17.3 Å². The second-order valence-corrected chi connectivity index (χ2v) is 5.39. The van der Waals surface area contributed by atoms with Crippen molar-refractivity contribution in [1.29, 1.82) is 0 Å². The van der Waals surface area contributed by atoms with Gasteiger partial charge in [-0.15, -0.1) is 0 Å². The van der Waals surface area contributed by atoms with Crippen LogP contribution in [0.3, 0.4) is 0 Å². The van der Waals surface area contributed by atoms with E-state index in [2.05, 4.69) is 0 Å². The van der Waals surface area contributed by atoms with Gasteiger partial charge in [-0.1, -0.05) is 0 Å². The molecule has 0 spiro atoms. The number of hydrogen-bond acceptors (Lipinski definition) is 4. The molecule has 1 aliphatic carbocycles. The Bertz CT molecular complexity index is 284. The molecule has 2 aliphatic rings. The molecule has 1 aliphatic heterocycles. The van der Waals surface area contributed by atoms with Crippen molar-refractivity contribution in [2.24, 2.45) is 11.3 Å². The van der Waals surface area contributed by atoms with Crippen LogP contribution in [-0.2, 0) is 19.0 Å². The molecule has 0 aromatic rings. The second kappa shape index (κ2) is 2.43. The standard InChI is InChI=1S/C7H12O4S/c1-12(8,9)11-5-7-2-6(7)3-10-4-7/h6H,2-5H2,1H3. The van der Waals surface area contributed by atoms with Crippen LogP contribution >= 0.6 is 0 Å². The smallest absolute Gasteiger partial charge is 0.264 e. The summed E-state index contributed by atoms with van der Waals surface area (Å²) in [6.45, 7) is 1.73. The van der Waals surface area contributed by atoms with Crippen LogP contribution in [0.2, 0.25) is 0 Å². The molecule has 2 unspecified atom stereocenters. The van der Waals surface area contributed by atoms with Gasteiger partial charge in [-0.05, 0) is 12.3 Å². The highest BCUT2D eigenvalue weighted by Gasteiger charge is 2.58. The Morgan fingerprint density at radius 1 is 1.67 bits per heavy atom. The summed E-state index contributed by atoms with van der Waals surface area (Å²) in [6, 6.07) is 0. The summed E-state index contributed by atoms with van der Waals surface area (Å²) in [5.74, 6) is 0.541. The molecule has 4 nitrogen and oxygen atoms in total. The topological polar surface area (TPSA) is 52.6 Å². The average Bonchev–Trinajstić information content (AvgIpc) is 2.51. The lowest BCUT2D eigenvalue weighted by atomic mass is 10.1. The van der Waals surface area contributed by atoms with Crippen LogP contribution in [0.25, 0.3) is 0 Å². The fourth-order valence-corrected chi connectivity index (χ4v) is 2.14. The van der Waals surface area contributed by atoms with Gasteiger partial charge in [0.25, 0.3) is 10.1 Å². The van der Waals surface area contributed by atoms with E-state index in [0.717, 1.165) is 19.3 Å². The number of hydrogen-bond donors (Lipinski definition) is 0. The number of fused-ring (bicyclic) bond motifs is 1. The molecule has 1 saturated carbocycles. The predicted molar refractivity (Wildman–Crippen MR) is 42.2 cm³/mol. The fourth-order valence-electron chi connectivity index (χ4n) is 1.69. The van der Waals surface area contributed by atoms with E-state index in [-0.39, 0.29) is 5.41 Å². The third kappa shape index (κ3) is 1.48. The van der Waals surface area contributed by atoms with Crippen LogP contribution < -0.4 is 0 Å². The van der Waals surface area contributed by atoms with Crippen molar-refractivity contribution >= 4 is 10.1 Å². The first-order chi connectivity index (χ1) is 5.52. The van der Waals surface area contributed by atoms with Gasteiger partial charge in [0, 0.05) is 5.41 Å². The molecule has 0 amide bonds. The Hall–Kier alpha value is -0.130. The molecule has 2 atom stereocenters. The maximum atomic E-state index is 10.7. The normalized spacial score (nSPS) is 39.6. The molecule has 1 heterocycles. The molecule has 0 bridgehead atoms. The van der Waals surface area contributed by atoms with Crippen LogP contribution in [0.15, 0.2) is 0 Å². The molecule has 0 aromatic heterocycles. The van der Waals surface area contributed by atoms with Gasteiger partial charge < -0.3 is 4.74 Å². The highest BCUT2D eigenvalue weighted by molar-refractivity contribution is 7.85. The van der Waals surface area contributed by atoms with E-state index in [1.165, 1.54) is 0 Å². The maximum absolute atomic E-state index is 10.7. The zero-order valence-electron chi connectivity index (χ0n) is 6.95. The molecule has 2 fully saturated rings. The van der Waals surface area contributed by atoms with Crippen molar-refractivity contribution in [1.82, 2.24) is 0 Å². The Balaban J connectivity index is 1.89. The summed E-state index contributed by atoms with van der Waals surface area (Å²) in [7, 11) is -3.28. The van der Waals surface area contributed by atoms with Gasteiger partial charge in [0.2, 0.25) is 0 Å². The van der Waals surface area contributed by atoms with Crippen molar-refractivity contribution in [3.63, 3.8) is 0 Å². The van der Waals surface area contributed by atoms with Crippen LogP contribution in [0, 0.1) is 11.3 Å². The van der Waals surface area contributed by atoms with E-state index in [0.29, 0.717) is 19.1 Å². The van der Waals surface area contributed by atoms with E-state index in [1.807, 2.05) is 0 Å². The third-order valence-corrected chi connectivity index (χ3v) is 3.17. The first-order valence-corrected chi connectivity index (χ1v) is 5.76. The minimum Gasteiger partial charge on any atom is -0.380 e. The molecule has 0 radical (unpaired) electrons. The van der Waals surface area contributed by atoms with Crippen LogP contribution in [-0.4, -0.2) is 34.5 Å². The summed E-state index contributed by atoms with van der Waals surface area (Å²) < 4.78 is 31.3. The van der Waals surface area contributed by atoms with Crippen LogP contribution in [0.5, 0.6) is 0 Å². The molecule has 12 heavy (non-hydrogen) atoms. The molecule has 2 rings (SSSR count). The average molecular weight is 192 g/mol. The van der Waals surface area contributed by atoms with Crippen molar-refractivity contribution in [2.75, 3.05) is 26.1 Å². The lowest BCUT2D eigenvalue weighted by molar-refractivity contribution is 0.126. The van der Waals surface area contributed by atoms with Crippen molar-refractivity contribution in [2.45, 2.75) is 6.42 Å². The molecular weight excluding hydrogens is 180 g/mol. The monoisotopic (exact) mass is 192 g/mol. The summed E-state index contributed by atoms with van der Waals surface area (Å²) >= 11 is 0. The van der Waals surface area contributed by atoms with Crippen molar-refractivity contribution in [3.05, 3.63) is 0 Å². The van der Waals surface area contributed by atoms with Gasteiger partial charge >= 0.3 is 0 Å². The van der Waals surface area contributed by atoms with Gasteiger partial charge in [-0.25, -0.2) is 0 Å². The number of ether oxygens (including phenoxy) is 1. The minimum atomic E-state index is -3.28. The Morgan fingerprint density at radius 2 is 2.42 bits per heavy atom. The van der Waals surface area contributed by atoms with Crippen molar-refractivity contribution in [3.8, 4) is 0 Å². The van der Waals surface area contributed by atoms with Crippen LogP contribution in [0.1, 0.15) is 6.42 Å². The third-order valence-electron chi connectivity index (χ3n) is 2.63. The Labute approximate surface area is 72.0 Å². The SMILES string of the molecule is CS(=O)(=O)OCC12COCC1C2. The summed E-state index contributed by atoms with van der Waals surface area (Å²) in [4.78, 5) is 0. The molecule has 70 valence electrons. The van der Waals surface area contributed by atoms with Gasteiger partial charge in [-0.2, -0.15) is 8.42 Å². The van der Waals surface area contributed by atoms with Gasteiger partial charge in [0.05, 0.1) is 26.1 Å². The van der Waals surface area contributed by atoms with E-state index in [4.69, 9.17) is 8.92 Å². The first kappa shape index (κ1) is 8.47. The van der Waals surface area contributed by atoms with Gasteiger partial charge in [0.15, 0.2) is 0 Å². The Morgan fingerprint density at radius 3 is 2.83 bits per heavy atom. The van der Waals surface area contributed by atoms with E-state index >= 15 is 0 Å². The molecule has 0 aromatic carbocycles. The van der Waals surface area contributed by atoms with Gasteiger partial charge in [0.1, 0.15) is 0 Å². The first-order valence-electron chi connectivity index (χ1n) is 3.94. The van der Waals surface area contributed by atoms with E-state index in [9.17, 15) is 8.42 Å². The van der Waals surface area contributed by atoms with Crippen LogP contribution in [0.4, 0.5) is 0 Å². The minimum absolute atomic E-state index is 0.0447. The lowest BCUT2D eigenvalue weighted by Gasteiger charge is -2.09. The zero-order valence-corrected chi connectivity index (χ0v) is 7.76. The second-order valence-electron chi connectivity index (χ2n) is 3.74. The highest BCUT2D eigenvalue weighted by Crippen LogP contribution is 2.56. The maximum Gasteiger partial charge on any atom is 0.264 e. The largest absolute Gasteiger partial charge is 0.380 e. The fraction of sp³-hybridized carbons (Fsp3) is 1.00. The number of rotatable bonds is 3. The van der Waals surface area contributed by atoms with Gasteiger partial charge in [-0.3, -0.25) is 4.18 Å². The summed E-state index contributed by atoms with van der Waals surface area (Å²) in [5, 5.41) is 0. The zero-order chi connectivity index (χ0) is 8.82. The van der Waals surface area contributed by atoms with E-state index < -0.39 is 10.1 Å². The van der Waals surface area contributed by atoms with E-state index in [1.54, 1.807) is 0 Å². The molecule has 1 saturated heterocycles. The molecular formula is C7H12O4S. The predicted octanol–water partition coefficient (Wildman–Crippen LogP) is -0.000900. The molecule has 5 heteroatoms. The Kier molecular flexibility index (Phi) is 1.72. The quantitative estimate of drug-likeness (QED) is 0.591. The lowest BCUT2D eigenvalue weighted by Crippen LogP contribution is -2.17. The highest BCUT2D eigenvalue weighted by atomic mass is 32.2.